The predicted octanol–water partition coefficient (Wildman–Crippen LogP) is 2.87. The van der Waals surface area contributed by atoms with Gasteiger partial charge in [0.05, 0.1) is 17.0 Å². The minimum Gasteiger partial charge on any atom is -0.417 e. The summed E-state index contributed by atoms with van der Waals surface area (Å²) >= 11 is 0. The molecule has 0 aliphatic carbocycles. The number of piperidine rings is 1. The minimum absolute atomic E-state index is 0.109. The maximum absolute atomic E-state index is 12.7. The molecule has 1 atom stereocenters. The first-order valence-electron chi connectivity index (χ1n) is 9.89. The number of halogens is 3. The summed E-state index contributed by atoms with van der Waals surface area (Å²) in [6, 6.07) is 6.56. The third kappa shape index (κ3) is 4.17. The molecular formula is C20H19F3N4O4. The van der Waals surface area contributed by atoms with Gasteiger partial charge in [-0.05, 0) is 31.4 Å². The van der Waals surface area contributed by atoms with Crippen LogP contribution >= 0.6 is 0 Å². The van der Waals surface area contributed by atoms with E-state index in [2.05, 4.69) is 10.2 Å². The lowest BCUT2D eigenvalue weighted by molar-refractivity contribution is -0.157. The van der Waals surface area contributed by atoms with Crippen molar-refractivity contribution in [1.82, 2.24) is 20.0 Å². The van der Waals surface area contributed by atoms with E-state index in [4.69, 9.17) is 4.42 Å². The predicted molar refractivity (Wildman–Crippen MR) is 98.9 cm³/mol. The number of hydrogen-bond donors (Lipinski definition) is 0. The lowest BCUT2D eigenvalue weighted by atomic mass is 9.97. The molecule has 1 saturated heterocycles. The molecule has 31 heavy (non-hydrogen) atoms. The van der Waals surface area contributed by atoms with Gasteiger partial charge in [0.2, 0.25) is 11.8 Å². The highest BCUT2D eigenvalue weighted by Crippen LogP contribution is 2.32. The number of rotatable bonds is 5. The molecule has 2 aromatic rings. The number of alkyl halides is 3. The van der Waals surface area contributed by atoms with Gasteiger partial charge in [-0.1, -0.05) is 12.1 Å². The van der Waals surface area contributed by atoms with E-state index in [1.807, 2.05) is 0 Å². The molecule has 3 heterocycles. The molecule has 0 saturated carbocycles. The fourth-order valence-corrected chi connectivity index (χ4v) is 3.91. The normalized spacial score (nSPS) is 19.1. The summed E-state index contributed by atoms with van der Waals surface area (Å²) in [6.07, 6.45) is -3.17. The van der Waals surface area contributed by atoms with Gasteiger partial charge in [-0.25, -0.2) is 0 Å². The summed E-state index contributed by atoms with van der Waals surface area (Å²) < 4.78 is 42.8. The average molecular weight is 436 g/mol. The molecule has 0 bridgehead atoms. The van der Waals surface area contributed by atoms with Gasteiger partial charge in [0.1, 0.15) is 0 Å². The van der Waals surface area contributed by atoms with Crippen LogP contribution < -0.4 is 0 Å². The second-order valence-electron chi connectivity index (χ2n) is 7.53. The molecule has 0 radical (unpaired) electrons. The molecule has 3 amide bonds. The summed E-state index contributed by atoms with van der Waals surface area (Å²) in [5.74, 6) is -2.93. The van der Waals surface area contributed by atoms with Crippen LogP contribution in [0.1, 0.15) is 64.1 Å². The summed E-state index contributed by atoms with van der Waals surface area (Å²) in [6.45, 7) is 0.780. The van der Waals surface area contributed by atoms with Gasteiger partial charge < -0.3 is 9.32 Å². The van der Waals surface area contributed by atoms with Crippen molar-refractivity contribution in [3.8, 4) is 0 Å². The Bertz CT molecular complexity index is 985. The van der Waals surface area contributed by atoms with Crippen LogP contribution in [0.15, 0.2) is 28.7 Å². The Morgan fingerprint density at radius 3 is 2.42 bits per heavy atom. The lowest BCUT2D eigenvalue weighted by Crippen LogP contribution is -2.39. The molecule has 4 rings (SSSR count). The molecule has 0 spiro atoms. The summed E-state index contributed by atoms with van der Waals surface area (Å²) in [5.41, 5.74) is 0.714. The van der Waals surface area contributed by atoms with Crippen LogP contribution in [0.25, 0.3) is 0 Å². The fraction of sp³-hybridized carbons (Fsp3) is 0.450. The largest absolute Gasteiger partial charge is 0.470 e. The van der Waals surface area contributed by atoms with Gasteiger partial charge in [0, 0.05) is 26.1 Å². The van der Waals surface area contributed by atoms with Gasteiger partial charge >= 0.3 is 12.1 Å². The zero-order valence-corrected chi connectivity index (χ0v) is 16.4. The topological polar surface area (TPSA) is 96.6 Å². The van der Waals surface area contributed by atoms with Crippen molar-refractivity contribution in [3.05, 3.63) is 47.2 Å². The highest BCUT2D eigenvalue weighted by atomic mass is 19.4. The van der Waals surface area contributed by atoms with Crippen molar-refractivity contribution in [3.63, 3.8) is 0 Å². The Kier molecular flexibility index (Phi) is 5.50. The fourth-order valence-electron chi connectivity index (χ4n) is 3.91. The van der Waals surface area contributed by atoms with E-state index >= 15 is 0 Å². The molecule has 1 aromatic heterocycles. The van der Waals surface area contributed by atoms with E-state index in [-0.39, 0.29) is 43.1 Å². The number of carbonyl (C=O) groups is 3. The van der Waals surface area contributed by atoms with E-state index in [0.717, 1.165) is 4.90 Å². The highest BCUT2D eigenvalue weighted by molar-refractivity contribution is 6.21. The average Bonchev–Trinajstić information content (AvgIpc) is 3.34. The van der Waals surface area contributed by atoms with E-state index in [1.165, 1.54) is 0 Å². The maximum Gasteiger partial charge on any atom is 0.470 e. The maximum atomic E-state index is 12.7. The standard InChI is InChI=1S/C20H19F3N4O4/c21-20(22,23)19-25-24-16(31-19)12-5-3-9-26(11-12)15(28)8-4-10-27-17(29)13-6-1-2-7-14(13)18(27)30/h1-2,6-7,12H,3-5,8-11H2. The Balaban J connectivity index is 1.31. The van der Waals surface area contributed by atoms with Crippen molar-refractivity contribution in [2.24, 2.45) is 0 Å². The van der Waals surface area contributed by atoms with Crippen LogP contribution in [0.5, 0.6) is 0 Å². The monoisotopic (exact) mass is 436 g/mol. The van der Waals surface area contributed by atoms with Crippen LogP contribution in [0.2, 0.25) is 0 Å². The second-order valence-corrected chi connectivity index (χ2v) is 7.53. The molecule has 11 heteroatoms. The van der Waals surface area contributed by atoms with Gasteiger partial charge in [0.25, 0.3) is 11.8 Å². The molecule has 1 fully saturated rings. The molecule has 164 valence electrons. The van der Waals surface area contributed by atoms with Crippen LogP contribution in [0, 0.1) is 0 Å². The number of amides is 3. The number of carbonyl (C=O) groups excluding carboxylic acids is 3. The second kappa shape index (κ2) is 8.12. The van der Waals surface area contributed by atoms with Crippen molar-refractivity contribution >= 4 is 17.7 Å². The number of fused-ring (bicyclic) bond motifs is 1. The Labute approximate surface area is 175 Å². The van der Waals surface area contributed by atoms with E-state index in [1.54, 1.807) is 29.2 Å². The molecule has 1 unspecified atom stereocenters. The highest BCUT2D eigenvalue weighted by Gasteiger charge is 2.39. The van der Waals surface area contributed by atoms with Crippen LogP contribution in [-0.4, -0.2) is 57.4 Å². The molecule has 1 aromatic carbocycles. The Hall–Kier alpha value is -3.24. The first-order valence-corrected chi connectivity index (χ1v) is 9.89. The van der Waals surface area contributed by atoms with E-state index in [9.17, 15) is 27.6 Å². The Morgan fingerprint density at radius 1 is 1.13 bits per heavy atom. The molecule has 0 N–H and O–H groups in total. The molecular weight excluding hydrogens is 417 g/mol. The van der Waals surface area contributed by atoms with Crippen LogP contribution in [0.3, 0.4) is 0 Å². The van der Waals surface area contributed by atoms with Crippen molar-refractivity contribution < 1.29 is 32.0 Å². The number of benzene rings is 1. The first-order chi connectivity index (χ1) is 14.8. The summed E-state index contributed by atoms with van der Waals surface area (Å²) in [4.78, 5) is 40.0. The van der Waals surface area contributed by atoms with Crippen LogP contribution in [0.4, 0.5) is 13.2 Å². The number of nitrogens with zero attached hydrogens (tertiary/aromatic N) is 4. The van der Waals surface area contributed by atoms with Gasteiger partial charge in [-0.15, -0.1) is 10.2 Å². The molecule has 2 aliphatic rings. The summed E-state index contributed by atoms with van der Waals surface area (Å²) in [5, 5.41) is 6.54. The minimum atomic E-state index is -4.71. The first kappa shape index (κ1) is 21.0. The van der Waals surface area contributed by atoms with Crippen LogP contribution in [-0.2, 0) is 11.0 Å². The van der Waals surface area contributed by atoms with Crippen molar-refractivity contribution in [2.75, 3.05) is 19.6 Å². The molecule has 8 nitrogen and oxygen atoms in total. The number of hydrogen-bond acceptors (Lipinski definition) is 6. The Morgan fingerprint density at radius 2 is 1.81 bits per heavy atom. The molecule has 2 aliphatic heterocycles. The number of imide groups is 1. The zero-order valence-electron chi connectivity index (χ0n) is 16.4. The zero-order chi connectivity index (χ0) is 22.2. The van der Waals surface area contributed by atoms with Gasteiger partial charge in [0.15, 0.2) is 0 Å². The van der Waals surface area contributed by atoms with E-state index < -0.39 is 18.0 Å². The smallest absolute Gasteiger partial charge is 0.417 e. The third-order valence-electron chi connectivity index (χ3n) is 5.46. The van der Waals surface area contributed by atoms with Crippen molar-refractivity contribution in [1.29, 1.82) is 0 Å². The quantitative estimate of drug-likeness (QED) is 0.669. The third-order valence-corrected chi connectivity index (χ3v) is 5.46. The van der Waals surface area contributed by atoms with Crippen molar-refractivity contribution in [2.45, 2.75) is 37.8 Å². The SMILES string of the molecule is O=C(CCCN1C(=O)c2ccccc2C1=O)N1CCCC(c2nnc(C(F)(F)F)o2)C1. The van der Waals surface area contributed by atoms with Gasteiger partial charge in [-0.2, -0.15) is 13.2 Å². The lowest BCUT2D eigenvalue weighted by Gasteiger charge is -2.31. The number of likely N-dealkylation sites (tertiary alicyclic amines) is 1. The van der Waals surface area contributed by atoms with E-state index in [0.29, 0.717) is 36.9 Å². The van der Waals surface area contributed by atoms with Gasteiger partial charge in [-0.3, -0.25) is 19.3 Å². The number of aromatic nitrogens is 2. The summed E-state index contributed by atoms with van der Waals surface area (Å²) in [7, 11) is 0.